The summed E-state index contributed by atoms with van der Waals surface area (Å²) in [4.78, 5) is 12.0. The molecule has 0 aliphatic rings. The molecule has 1 aromatic carbocycles. The number of hydrogen-bond donors (Lipinski definition) is 1. The SMILES string of the molecule is COc1ccccc1Cn1cccc(CN)c1=O. The van der Waals surface area contributed by atoms with E-state index in [4.69, 9.17) is 10.5 Å². The van der Waals surface area contributed by atoms with Crippen molar-refractivity contribution in [1.82, 2.24) is 4.57 Å². The van der Waals surface area contributed by atoms with Crippen molar-refractivity contribution in [3.63, 3.8) is 0 Å². The molecule has 0 saturated heterocycles. The van der Waals surface area contributed by atoms with Gasteiger partial charge in [0.05, 0.1) is 13.7 Å². The fourth-order valence-corrected chi connectivity index (χ4v) is 1.88. The number of benzene rings is 1. The first-order valence-electron chi connectivity index (χ1n) is 5.76. The largest absolute Gasteiger partial charge is 0.496 e. The number of hydrogen-bond acceptors (Lipinski definition) is 3. The van der Waals surface area contributed by atoms with Crippen LogP contribution in [0.1, 0.15) is 11.1 Å². The highest BCUT2D eigenvalue weighted by atomic mass is 16.5. The maximum absolute atomic E-state index is 12.0. The van der Waals surface area contributed by atoms with Crippen LogP contribution in [0.25, 0.3) is 0 Å². The van der Waals surface area contributed by atoms with Crippen molar-refractivity contribution in [1.29, 1.82) is 0 Å². The van der Waals surface area contributed by atoms with Crippen molar-refractivity contribution in [2.24, 2.45) is 5.73 Å². The Hall–Kier alpha value is -2.07. The van der Waals surface area contributed by atoms with E-state index in [0.717, 1.165) is 11.3 Å². The average Bonchev–Trinajstić information content (AvgIpc) is 2.42. The fourth-order valence-electron chi connectivity index (χ4n) is 1.88. The van der Waals surface area contributed by atoms with Crippen LogP contribution in [-0.4, -0.2) is 11.7 Å². The molecule has 0 aliphatic carbocycles. The summed E-state index contributed by atoms with van der Waals surface area (Å²) in [6, 6.07) is 11.2. The molecule has 4 nitrogen and oxygen atoms in total. The Bertz CT molecular complexity index is 590. The third-order valence-electron chi connectivity index (χ3n) is 2.85. The summed E-state index contributed by atoms with van der Waals surface area (Å²) < 4.78 is 6.91. The molecule has 0 spiro atoms. The summed E-state index contributed by atoms with van der Waals surface area (Å²) >= 11 is 0. The second-order valence-electron chi connectivity index (χ2n) is 3.98. The summed E-state index contributed by atoms with van der Waals surface area (Å²) in [5.74, 6) is 0.780. The molecule has 18 heavy (non-hydrogen) atoms. The predicted molar refractivity (Wildman–Crippen MR) is 70.7 cm³/mol. The molecule has 2 rings (SSSR count). The van der Waals surface area contributed by atoms with Crippen LogP contribution >= 0.6 is 0 Å². The van der Waals surface area contributed by atoms with Gasteiger partial charge >= 0.3 is 0 Å². The average molecular weight is 244 g/mol. The highest BCUT2D eigenvalue weighted by molar-refractivity contribution is 5.33. The van der Waals surface area contributed by atoms with E-state index in [1.165, 1.54) is 0 Å². The molecule has 0 aliphatic heterocycles. The van der Waals surface area contributed by atoms with Crippen LogP contribution in [0.4, 0.5) is 0 Å². The van der Waals surface area contributed by atoms with Crippen molar-refractivity contribution in [2.75, 3.05) is 7.11 Å². The maximum Gasteiger partial charge on any atom is 0.255 e. The monoisotopic (exact) mass is 244 g/mol. The zero-order valence-corrected chi connectivity index (χ0v) is 10.3. The van der Waals surface area contributed by atoms with Crippen LogP contribution in [0.5, 0.6) is 5.75 Å². The topological polar surface area (TPSA) is 57.2 Å². The number of aromatic nitrogens is 1. The second-order valence-corrected chi connectivity index (χ2v) is 3.98. The molecular formula is C14H16N2O2. The molecule has 0 unspecified atom stereocenters. The molecule has 2 N–H and O–H groups in total. The smallest absolute Gasteiger partial charge is 0.255 e. The molecule has 1 heterocycles. The molecule has 94 valence electrons. The fraction of sp³-hybridized carbons (Fsp3) is 0.214. The van der Waals surface area contributed by atoms with Gasteiger partial charge in [0.2, 0.25) is 0 Å². The summed E-state index contributed by atoms with van der Waals surface area (Å²) in [6.45, 7) is 0.738. The predicted octanol–water partition coefficient (Wildman–Crippen LogP) is 1.36. The zero-order valence-electron chi connectivity index (χ0n) is 10.3. The first-order chi connectivity index (χ1) is 8.76. The van der Waals surface area contributed by atoms with Crippen LogP contribution in [0, 0.1) is 0 Å². The number of pyridine rings is 1. The van der Waals surface area contributed by atoms with Gasteiger partial charge in [-0.3, -0.25) is 4.79 Å². The molecule has 4 heteroatoms. The minimum atomic E-state index is -0.0501. The molecule has 0 saturated carbocycles. The van der Waals surface area contributed by atoms with E-state index in [1.807, 2.05) is 30.3 Å². The Morgan fingerprint density at radius 3 is 2.61 bits per heavy atom. The van der Waals surface area contributed by atoms with Gasteiger partial charge in [-0.1, -0.05) is 24.3 Å². The third-order valence-corrected chi connectivity index (χ3v) is 2.85. The lowest BCUT2D eigenvalue weighted by molar-refractivity contribution is 0.408. The van der Waals surface area contributed by atoms with Crippen molar-refractivity contribution < 1.29 is 4.74 Å². The van der Waals surface area contributed by atoms with Crippen molar-refractivity contribution in [3.8, 4) is 5.75 Å². The molecule has 0 bridgehead atoms. The van der Waals surface area contributed by atoms with Crippen LogP contribution in [-0.2, 0) is 13.1 Å². The summed E-state index contributed by atoms with van der Waals surface area (Å²) in [7, 11) is 1.62. The highest BCUT2D eigenvalue weighted by Gasteiger charge is 2.05. The molecule has 0 fully saturated rings. The Balaban J connectivity index is 2.37. The number of para-hydroxylation sites is 1. The molecule has 0 atom stereocenters. The third kappa shape index (κ3) is 2.43. The van der Waals surface area contributed by atoms with E-state index in [-0.39, 0.29) is 12.1 Å². The summed E-state index contributed by atoms with van der Waals surface area (Å²) in [5.41, 5.74) is 7.07. The van der Waals surface area contributed by atoms with Crippen LogP contribution in [0.3, 0.4) is 0 Å². The normalized spacial score (nSPS) is 10.3. The van der Waals surface area contributed by atoms with Gasteiger partial charge in [0.25, 0.3) is 5.56 Å². The Morgan fingerprint density at radius 1 is 1.17 bits per heavy atom. The van der Waals surface area contributed by atoms with E-state index in [2.05, 4.69) is 0 Å². The van der Waals surface area contributed by atoms with E-state index in [1.54, 1.807) is 23.9 Å². The van der Waals surface area contributed by atoms with Crippen LogP contribution < -0.4 is 16.0 Å². The number of rotatable bonds is 4. The lowest BCUT2D eigenvalue weighted by atomic mass is 10.2. The van der Waals surface area contributed by atoms with Gasteiger partial charge in [-0.05, 0) is 12.1 Å². The lowest BCUT2D eigenvalue weighted by Crippen LogP contribution is -2.25. The van der Waals surface area contributed by atoms with Gasteiger partial charge in [-0.15, -0.1) is 0 Å². The maximum atomic E-state index is 12.0. The Kier molecular flexibility index (Phi) is 3.79. The van der Waals surface area contributed by atoms with Gasteiger partial charge in [0.1, 0.15) is 5.75 Å². The number of methoxy groups -OCH3 is 1. The molecule has 0 amide bonds. The lowest BCUT2D eigenvalue weighted by Gasteiger charge is -2.10. The second kappa shape index (κ2) is 5.51. The van der Waals surface area contributed by atoms with Gasteiger partial charge < -0.3 is 15.0 Å². The van der Waals surface area contributed by atoms with Crippen LogP contribution in [0.2, 0.25) is 0 Å². The molecular weight excluding hydrogens is 228 g/mol. The zero-order chi connectivity index (χ0) is 13.0. The van der Waals surface area contributed by atoms with Crippen molar-refractivity contribution >= 4 is 0 Å². The number of nitrogens with two attached hydrogens (primary N) is 1. The van der Waals surface area contributed by atoms with Gasteiger partial charge in [-0.25, -0.2) is 0 Å². The Labute approximate surface area is 106 Å². The van der Waals surface area contributed by atoms with Crippen molar-refractivity contribution in [3.05, 3.63) is 64.1 Å². The standard InChI is InChI=1S/C14H16N2O2/c1-18-13-7-3-2-5-12(13)10-16-8-4-6-11(9-15)14(16)17/h2-8H,9-10,15H2,1H3. The quantitative estimate of drug-likeness (QED) is 0.883. The highest BCUT2D eigenvalue weighted by Crippen LogP contribution is 2.17. The summed E-state index contributed by atoms with van der Waals surface area (Å²) in [6.07, 6.45) is 1.76. The molecule has 0 radical (unpaired) electrons. The van der Waals surface area contributed by atoms with Gasteiger partial charge in [0.15, 0.2) is 0 Å². The van der Waals surface area contributed by atoms with Crippen LogP contribution in [0.15, 0.2) is 47.4 Å². The first-order valence-corrected chi connectivity index (χ1v) is 5.76. The number of ether oxygens (including phenoxy) is 1. The summed E-state index contributed by atoms with van der Waals surface area (Å²) in [5, 5.41) is 0. The molecule has 2 aromatic rings. The van der Waals surface area contributed by atoms with E-state index in [0.29, 0.717) is 12.1 Å². The number of nitrogens with zero attached hydrogens (tertiary/aromatic N) is 1. The van der Waals surface area contributed by atoms with Crippen molar-refractivity contribution in [2.45, 2.75) is 13.1 Å². The van der Waals surface area contributed by atoms with E-state index < -0.39 is 0 Å². The van der Waals surface area contributed by atoms with E-state index >= 15 is 0 Å². The Morgan fingerprint density at radius 2 is 1.89 bits per heavy atom. The van der Waals surface area contributed by atoms with E-state index in [9.17, 15) is 4.79 Å². The van der Waals surface area contributed by atoms with Gasteiger partial charge in [0, 0.05) is 23.9 Å². The minimum Gasteiger partial charge on any atom is -0.496 e. The minimum absolute atomic E-state index is 0.0501. The molecule has 1 aromatic heterocycles. The first kappa shape index (κ1) is 12.4. The van der Waals surface area contributed by atoms with Gasteiger partial charge in [-0.2, -0.15) is 0 Å².